The van der Waals surface area contributed by atoms with Gasteiger partial charge in [-0.2, -0.15) is 0 Å². The van der Waals surface area contributed by atoms with Gasteiger partial charge in [0.15, 0.2) is 11.5 Å². The molecule has 0 bridgehead atoms. The molecule has 0 aliphatic carbocycles. The number of rotatable bonds is 6. The normalized spacial score (nSPS) is 14.1. The fourth-order valence-corrected chi connectivity index (χ4v) is 2.26. The van der Waals surface area contributed by atoms with E-state index in [-0.39, 0.29) is 6.04 Å². The lowest BCUT2D eigenvalue weighted by Gasteiger charge is -2.17. The fourth-order valence-electron chi connectivity index (χ4n) is 1.92. The van der Waals surface area contributed by atoms with E-state index in [0.29, 0.717) is 22.4 Å². The average Bonchev–Trinajstić information content (AvgIpc) is 2.35. The van der Waals surface area contributed by atoms with Gasteiger partial charge >= 0.3 is 0 Å². The van der Waals surface area contributed by atoms with Crippen molar-refractivity contribution in [3.05, 3.63) is 22.7 Å². The predicted octanol–water partition coefficient (Wildman–Crippen LogP) is 3.59. The monoisotopic (exact) mass is 271 g/mol. The van der Waals surface area contributed by atoms with Crippen LogP contribution in [-0.4, -0.2) is 20.3 Å². The summed E-state index contributed by atoms with van der Waals surface area (Å²) in [5.41, 5.74) is 6.86. The number of ether oxygens (including phenoxy) is 2. The zero-order valence-electron chi connectivity index (χ0n) is 11.5. The third-order valence-electron chi connectivity index (χ3n) is 3.09. The second-order valence-corrected chi connectivity index (χ2v) is 5.09. The highest BCUT2D eigenvalue weighted by Crippen LogP contribution is 2.37. The molecule has 1 aromatic rings. The van der Waals surface area contributed by atoms with Gasteiger partial charge in [0.05, 0.1) is 14.2 Å². The lowest BCUT2D eigenvalue weighted by atomic mass is 9.94. The van der Waals surface area contributed by atoms with Crippen molar-refractivity contribution in [3.63, 3.8) is 0 Å². The Morgan fingerprint density at radius 3 is 2.17 bits per heavy atom. The molecule has 0 saturated heterocycles. The summed E-state index contributed by atoms with van der Waals surface area (Å²) in [4.78, 5) is 0. The molecule has 102 valence electrons. The summed E-state index contributed by atoms with van der Waals surface area (Å²) in [7, 11) is 3.23. The van der Waals surface area contributed by atoms with Crippen LogP contribution in [0.3, 0.4) is 0 Å². The van der Waals surface area contributed by atoms with Crippen molar-refractivity contribution in [2.75, 3.05) is 14.2 Å². The van der Waals surface area contributed by atoms with Crippen LogP contribution in [0.15, 0.2) is 12.1 Å². The van der Waals surface area contributed by atoms with Crippen LogP contribution in [0.25, 0.3) is 0 Å². The molecule has 0 heterocycles. The second kappa shape index (κ2) is 6.86. The molecule has 1 aromatic carbocycles. The third-order valence-corrected chi connectivity index (χ3v) is 3.42. The Morgan fingerprint density at radius 2 is 1.67 bits per heavy atom. The zero-order chi connectivity index (χ0) is 13.7. The van der Waals surface area contributed by atoms with E-state index in [2.05, 4.69) is 6.92 Å². The molecule has 18 heavy (non-hydrogen) atoms. The predicted molar refractivity (Wildman–Crippen MR) is 75.9 cm³/mol. The Balaban J connectivity index is 2.94. The van der Waals surface area contributed by atoms with Crippen molar-refractivity contribution >= 4 is 11.6 Å². The molecule has 0 aromatic heterocycles. The van der Waals surface area contributed by atoms with Crippen LogP contribution < -0.4 is 15.2 Å². The number of hydrogen-bond acceptors (Lipinski definition) is 3. The van der Waals surface area contributed by atoms with Crippen LogP contribution in [-0.2, 0) is 0 Å². The Kier molecular flexibility index (Phi) is 5.76. The van der Waals surface area contributed by atoms with Crippen molar-refractivity contribution < 1.29 is 9.47 Å². The van der Waals surface area contributed by atoms with E-state index >= 15 is 0 Å². The zero-order valence-corrected chi connectivity index (χ0v) is 12.3. The molecule has 4 heteroatoms. The molecule has 0 saturated carbocycles. The summed E-state index contributed by atoms with van der Waals surface area (Å²) in [5.74, 6) is 1.72. The SMILES string of the molecule is COc1cc(Cl)c(C(C)CCC(C)N)cc1OC. The minimum absolute atomic E-state index is 0.214. The van der Waals surface area contributed by atoms with Crippen molar-refractivity contribution in [2.45, 2.75) is 38.6 Å². The van der Waals surface area contributed by atoms with E-state index in [1.54, 1.807) is 20.3 Å². The topological polar surface area (TPSA) is 44.5 Å². The summed E-state index contributed by atoms with van der Waals surface area (Å²) >= 11 is 6.28. The Bertz CT molecular complexity index is 394. The molecule has 0 fully saturated rings. The quantitative estimate of drug-likeness (QED) is 0.860. The molecule has 0 radical (unpaired) electrons. The summed E-state index contributed by atoms with van der Waals surface area (Å²) in [6, 6.07) is 3.97. The maximum Gasteiger partial charge on any atom is 0.162 e. The standard InChI is InChI=1S/C14H22ClNO2/c1-9(5-6-10(2)16)11-7-13(17-3)14(18-4)8-12(11)15/h7-10H,5-6,16H2,1-4H3. The van der Waals surface area contributed by atoms with Gasteiger partial charge in [0, 0.05) is 17.1 Å². The third kappa shape index (κ3) is 3.79. The molecule has 0 spiro atoms. The van der Waals surface area contributed by atoms with Gasteiger partial charge in [0.25, 0.3) is 0 Å². The van der Waals surface area contributed by atoms with Crippen molar-refractivity contribution in [3.8, 4) is 11.5 Å². The van der Waals surface area contributed by atoms with Gasteiger partial charge in [0.1, 0.15) is 0 Å². The number of benzene rings is 1. The van der Waals surface area contributed by atoms with E-state index in [1.165, 1.54) is 0 Å². The minimum Gasteiger partial charge on any atom is -0.493 e. The number of hydrogen-bond donors (Lipinski definition) is 1. The van der Waals surface area contributed by atoms with Gasteiger partial charge in [-0.1, -0.05) is 18.5 Å². The van der Waals surface area contributed by atoms with Gasteiger partial charge in [-0.05, 0) is 37.3 Å². The first-order valence-corrected chi connectivity index (χ1v) is 6.54. The molecule has 0 aliphatic rings. The maximum absolute atomic E-state index is 6.28. The van der Waals surface area contributed by atoms with E-state index in [4.69, 9.17) is 26.8 Å². The summed E-state index contributed by atoms with van der Waals surface area (Å²) in [5, 5.41) is 0.713. The molecular weight excluding hydrogens is 250 g/mol. The van der Waals surface area contributed by atoms with Gasteiger partial charge in [-0.25, -0.2) is 0 Å². The van der Waals surface area contributed by atoms with Crippen LogP contribution in [0.2, 0.25) is 5.02 Å². The van der Waals surface area contributed by atoms with E-state index in [1.807, 2.05) is 13.0 Å². The largest absolute Gasteiger partial charge is 0.493 e. The van der Waals surface area contributed by atoms with Crippen LogP contribution in [0.1, 0.15) is 38.2 Å². The molecule has 2 atom stereocenters. The smallest absolute Gasteiger partial charge is 0.162 e. The average molecular weight is 272 g/mol. The molecular formula is C14H22ClNO2. The van der Waals surface area contributed by atoms with Gasteiger partial charge < -0.3 is 15.2 Å². The number of nitrogens with two attached hydrogens (primary N) is 1. The molecule has 0 amide bonds. The highest BCUT2D eigenvalue weighted by molar-refractivity contribution is 6.31. The minimum atomic E-state index is 0.214. The first kappa shape index (κ1) is 15.1. The van der Waals surface area contributed by atoms with Gasteiger partial charge in [-0.15, -0.1) is 0 Å². The second-order valence-electron chi connectivity index (χ2n) is 4.68. The number of halogens is 1. The molecule has 0 aliphatic heterocycles. The summed E-state index contributed by atoms with van der Waals surface area (Å²) < 4.78 is 10.5. The van der Waals surface area contributed by atoms with Crippen molar-refractivity contribution in [2.24, 2.45) is 5.73 Å². The first-order valence-electron chi connectivity index (χ1n) is 6.16. The van der Waals surface area contributed by atoms with E-state index in [0.717, 1.165) is 18.4 Å². The van der Waals surface area contributed by atoms with Gasteiger partial charge in [-0.3, -0.25) is 0 Å². The van der Waals surface area contributed by atoms with E-state index in [9.17, 15) is 0 Å². The van der Waals surface area contributed by atoms with Crippen LogP contribution in [0.5, 0.6) is 11.5 Å². The van der Waals surface area contributed by atoms with Crippen LogP contribution in [0.4, 0.5) is 0 Å². The van der Waals surface area contributed by atoms with Gasteiger partial charge in [0.2, 0.25) is 0 Å². The van der Waals surface area contributed by atoms with Crippen LogP contribution in [0, 0.1) is 0 Å². The maximum atomic E-state index is 6.28. The van der Waals surface area contributed by atoms with Crippen molar-refractivity contribution in [1.29, 1.82) is 0 Å². The molecule has 2 unspecified atom stereocenters. The van der Waals surface area contributed by atoms with E-state index < -0.39 is 0 Å². The number of methoxy groups -OCH3 is 2. The summed E-state index contributed by atoms with van der Waals surface area (Å²) in [6.45, 7) is 4.17. The van der Waals surface area contributed by atoms with Crippen molar-refractivity contribution in [1.82, 2.24) is 0 Å². The molecule has 1 rings (SSSR count). The Labute approximate surface area is 114 Å². The highest BCUT2D eigenvalue weighted by atomic mass is 35.5. The highest BCUT2D eigenvalue weighted by Gasteiger charge is 2.15. The molecule has 3 nitrogen and oxygen atoms in total. The Hall–Kier alpha value is -0.930. The Morgan fingerprint density at radius 1 is 1.11 bits per heavy atom. The lowest BCUT2D eigenvalue weighted by Crippen LogP contribution is -2.15. The first-order chi connectivity index (χ1) is 8.49. The van der Waals surface area contributed by atoms with Crippen LogP contribution >= 0.6 is 11.6 Å². The molecule has 2 N–H and O–H groups in total. The fraction of sp³-hybridized carbons (Fsp3) is 0.571. The summed E-state index contributed by atoms with van der Waals surface area (Å²) in [6.07, 6.45) is 1.98. The lowest BCUT2D eigenvalue weighted by molar-refractivity contribution is 0.354.